The molecule has 0 saturated heterocycles. The fourth-order valence-corrected chi connectivity index (χ4v) is 2.75. The first-order valence-corrected chi connectivity index (χ1v) is 7.75. The minimum absolute atomic E-state index is 0.0628. The molecule has 5 nitrogen and oxygen atoms in total. The molecule has 0 aliphatic carbocycles. The molecule has 0 aliphatic rings. The minimum Gasteiger partial charge on any atom is -0.355 e. The second-order valence-electron chi connectivity index (χ2n) is 4.76. The van der Waals surface area contributed by atoms with Crippen molar-refractivity contribution in [3.05, 3.63) is 34.5 Å². The van der Waals surface area contributed by atoms with E-state index in [1.165, 1.54) is 0 Å². The summed E-state index contributed by atoms with van der Waals surface area (Å²) in [6.07, 6.45) is 5.35. The van der Waals surface area contributed by atoms with Gasteiger partial charge in [-0.1, -0.05) is 13.8 Å². The lowest BCUT2D eigenvalue weighted by atomic mass is 10.1. The van der Waals surface area contributed by atoms with E-state index in [4.69, 9.17) is 0 Å². The summed E-state index contributed by atoms with van der Waals surface area (Å²) in [5.41, 5.74) is 1.13. The van der Waals surface area contributed by atoms with Crippen LogP contribution < -0.4 is 5.32 Å². The molecule has 108 valence electrons. The number of aromatic nitrogens is 3. The zero-order valence-corrected chi connectivity index (χ0v) is 12.7. The third-order valence-corrected chi connectivity index (χ3v) is 4.02. The van der Waals surface area contributed by atoms with E-state index >= 15 is 0 Å². The van der Waals surface area contributed by atoms with Gasteiger partial charge in [-0.05, 0) is 12.5 Å². The Morgan fingerprint density at radius 2 is 2.40 bits per heavy atom. The molecule has 2 aromatic rings. The van der Waals surface area contributed by atoms with E-state index < -0.39 is 0 Å². The van der Waals surface area contributed by atoms with Crippen molar-refractivity contribution in [3.63, 3.8) is 0 Å². The fraction of sp³-hybridized carbons (Fsp3) is 0.500. The van der Waals surface area contributed by atoms with Crippen LogP contribution in [0.15, 0.2) is 23.8 Å². The van der Waals surface area contributed by atoms with Gasteiger partial charge in [0.1, 0.15) is 0 Å². The first-order valence-electron chi connectivity index (χ1n) is 6.87. The molecule has 1 N–H and O–H groups in total. The zero-order chi connectivity index (χ0) is 14.4. The molecule has 0 bridgehead atoms. The van der Waals surface area contributed by atoms with Crippen LogP contribution in [0, 0.1) is 5.92 Å². The Morgan fingerprint density at radius 3 is 3.05 bits per heavy atom. The van der Waals surface area contributed by atoms with Gasteiger partial charge in [-0.25, -0.2) is 4.98 Å². The Labute approximate surface area is 123 Å². The molecule has 0 aromatic carbocycles. The third kappa shape index (κ3) is 4.16. The van der Waals surface area contributed by atoms with Gasteiger partial charge < -0.3 is 5.32 Å². The molecule has 2 rings (SSSR count). The lowest BCUT2D eigenvalue weighted by Gasteiger charge is -2.11. The standard InChI is InChI=1S/C14H20N4OS/c1-3-12-10-20-13(17-12)5-7-15-14(19)11(2)9-18-8-4-6-16-18/h4,6,8,10-11H,3,5,7,9H2,1-2H3,(H,15,19)/t11-/m1/s1. The van der Waals surface area contributed by atoms with Crippen LogP contribution in [-0.2, 0) is 24.2 Å². The van der Waals surface area contributed by atoms with E-state index in [9.17, 15) is 4.79 Å². The Balaban J connectivity index is 1.71. The highest BCUT2D eigenvalue weighted by atomic mass is 32.1. The Morgan fingerprint density at radius 1 is 1.55 bits per heavy atom. The lowest BCUT2D eigenvalue weighted by Crippen LogP contribution is -2.33. The van der Waals surface area contributed by atoms with E-state index in [-0.39, 0.29) is 11.8 Å². The lowest BCUT2D eigenvalue weighted by molar-refractivity contribution is -0.124. The maximum atomic E-state index is 12.0. The van der Waals surface area contributed by atoms with Gasteiger partial charge in [-0.2, -0.15) is 5.10 Å². The molecule has 0 fully saturated rings. The van der Waals surface area contributed by atoms with Crippen molar-refractivity contribution in [3.8, 4) is 0 Å². The Kier molecular flexibility index (Phi) is 5.29. The largest absolute Gasteiger partial charge is 0.355 e. The predicted molar refractivity (Wildman–Crippen MR) is 79.6 cm³/mol. The van der Waals surface area contributed by atoms with Gasteiger partial charge in [0.05, 0.1) is 23.2 Å². The quantitative estimate of drug-likeness (QED) is 0.848. The van der Waals surface area contributed by atoms with E-state index in [0.29, 0.717) is 13.1 Å². The molecule has 0 aliphatic heterocycles. The Hall–Kier alpha value is -1.69. The van der Waals surface area contributed by atoms with Crippen molar-refractivity contribution in [1.82, 2.24) is 20.1 Å². The average Bonchev–Trinajstić information content (AvgIpc) is 3.09. The molecule has 6 heteroatoms. The topological polar surface area (TPSA) is 59.8 Å². The summed E-state index contributed by atoms with van der Waals surface area (Å²) < 4.78 is 1.78. The first kappa shape index (κ1) is 14.7. The summed E-state index contributed by atoms with van der Waals surface area (Å²) in [4.78, 5) is 16.4. The van der Waals surface area contributed by atoms with Gasteiger partial charge >= 0.3 is 0 Å². The fourth-order valence-electron chi connectivity index (χ4n) is 1.86. The molecular weight excluding hydrogens is 272 g/mol. The van der Waals surface area contributed by atoms with Crippen molar-refractivity contribution in [2.24, 2.45) is 5.92 Å². The van der Waals surface area contributed by atoms with Gasteiger partial charge in [-0.15, -0.1) is 11.3 Å². The maximum absolute atomic E-state index is 12.0. The van der Waals surface area contributed by atoms with E-state index in [1.807, 2.05) is 19.2 Å². The molecule has 1 amide bonds. The van der Waals surface area contributed by atoms with Crippen molar-refractivity contribution < 1.29 is 4.79 Å². The number of hydrogen-bond acceptors (Lipinski definition) is 4. The summed E-state index contributed by atoms with van der Waals surface area (Å²) in [5, 5.41) is 10.2. The van der Waals surface area contributed by atoms with Crippen molar-refractivity contribution in [2.45, 2.75) is 33.2 Å². The van der Waals surface area contributed by atoms with Gasteiger partial charge in [0.2, 0.25) is 5.91 Å². The van der Waals surface area contributed by atoms with E-state index in [0.717, 1.165) is 23.5 Å². The van der Waals surface area contributed by atoms with Crippen LogP contribution in [0.4, 0.5) is 0 Å². The molecular formula is C14H20N4OS. The van der Waals surface area contributed by atoms with Gasteiger partial charge in [0.15, 0.2) is 0 Å². The number of amides is 1. The summed E-state index contributed by atoms with van der Waals surface area (Å²) in [6.45, 7) is 5.25. The number of rotatable bonds is 7. The predicted octanol–water partition coefficient (Wildman–Crippen LogP) is 1.90. The minimum atomic E-state index is -0.0857. The van der Waals surface area contributed by atoms with Crippen LogP contribution in [0.3, 0.4) is 0 Å². The molecule has 2 aromatic heterocycles. The van der Waals surface area contributed by atoms with E-state index in [2.05, 4.69) is 27.7 Å². The second kappa shape index (κ2) is 7.19. The zero-order valence-electron chi connectivity index (χ0n) is 11.9. The number of thiazole rings is 1. The van der Waals surface area contributed by atoms with Crippen LogP contribution in [0.25, 0.3) is 0 Å². The number of nitrogens with zero attached hydrogens (tertiary/aromatic N) is 3. The van der Waals surface area contributed by atoms with Crippen LogP contribution in [0.5, 0.6) is 0 Å². The molecule has 0 radical (unpaired) electrons. The summed E-state index contributed by atoms with van der Waals surface area (Å²) in [7, 11) is 0. The molecule has 20 heavy (non-hydrogen) atoms. The second-order valence-corrected chi connectivity index (χ2v) is 5.70. The average molecular weight is 292 g/mol. The highest BCUT2D eigenvalue weighted by Crippen LogP contribution is 2.10. The number of hydrogen-bond donors (Lipinski definition) is 1. The molecule has 0 spiro atoms. The SMILES string of the molecule is CCc1csc(CCNC(=O)[C@H](C)Cn2cccn2)n1. The monoisotopic (exact) mass is 292 g/mol. The van der Waals surface area contributed by atoms with Crippen molar-refractivity contribution in [1.29, 1.82) is 0 Å². The van der Waals surface area contributed by atoms with Crippen LogP contribution in [0.1, 0.15) is 24.5 Å². The van der Waals surface area contributed by atoms with Crippen LogP contribution >= 0.6 is 11.3 Å². The van der Waals surface area contributed by atoms with Crippen LogP contribution in [0.2, 0.25) is 0 Å². The maximum Gasteiger partial charge on any atom is 0.224 e. The summed E-state index contributed by atoms with van der Waals surface area (Å²) in [5.74, 6) is -0.0230. The van der Waals surface area contributed by atoms with Crippen molar-refractivity contribution >= 4 is 17.2 Å². The highest BCUT2D eigenvalue weighted by molar-refractivity contribution is 7.09. The summed E-state index contributed by atoms with van der Waals surface area (Å²) in [6, 6.07) is 1.86. The molecule has 1 atom stereocenters. The summed E-state index contributed by atoms with van der Waals surface area (Å²) >= 11 is 1.66. The number of carbonyl (C=O) groups is 1. The van der Waals surface area contributed by atoms with Gasteiger partial charge in [0, 0.05) is 30.7 Å². The number of nitrogens with one attached hydrogen (secondary N) is 1. The Bertz CT molecular complexity index is 535. The molecule has 0 unspecified atom stereocenters. The van der Waals surface area contributed by atoms with Gasteiger partial charge in [0.25, 0.3) is 0 Å². The normalized spacial score (nSPS) is 12.3. The molecule has 2 heterocycles. The highest BCUT2D eigenvalue weighted by Gasteiger charge is 2.13. The third-order valence-electron chi connectivity index (χ3n) is 3.07. The number of aryl methyl sites for hydroxylation is 1. The van der Waals surface area contributed by atoms with Gasteiger partial charge in [-0.3, -0.25) is 9.48 Å². The molecule has 0 saturated carbocycles. The smallest absolute Gasteiger partial charge is 0.224 e. The van der Waals surface area contributed by atoms with E-state index in [1.54, 1.807) is 22.2 Å². The van der Waals surface area contributed by atoms with Crippen molar-refractivity contribution in [2.75, 3.05) is 6.54 Å². The first-order chi connectivity index (χ1) is 9.69. The van der Waals surface area contributed by atoms with Crippen LogP contribution in [-0.4, -0.2) is 27.2 Å². The number of carbonyl (C=O) groups excluding carboxylic acids is 1.